The van der Waals surface area contributed by atoms with Gasteiger partial charge in [0.05, 0.1) is 5.41 Å². The molecule has 0 aromatic carbocycles. The highest BCUT2D eigenvalue weighted by Gasteiger charge is 2.43. The molecule has 21 heavy (non-hydrogen) atoms. The summed E-state index contributed by atoms with van der Waals surface area (Å²) in [5.41, 5.74) is -0.568. The number of carboxylic acids is 1. The minimum atomic E-state index is -0.832. The Balaban J connectivity index is 2.20. The standard InChI is InChI=1S/C15H19ClN2O3/c1-2-5-15(14(20)21)6-3-8-18(10-15)13(19)12-9-11(16)4-7-17-12/h4,7,9H,2-3,5-6,8,10H2,1H3,(H,20,21). The van der Waals surface area contributed by atoms with Crippen LogP contribution in [0.1, 0.15) is 43.1 Å². The number of pyridine rings is 1. The molecule has 0 bridgehead atoms. The van der Waals surface area contributed by atoms with E-state index in [4.69, 9.17) is 11.6 Å². The first-order chi connectivity index (χ1) is 9.98. The van der Waals surface area contributed by atoms with Crippen LogP contribution in [0.5, 0.6) is 0 Å². The summed E-state index contributed by atoms with van der Waals surface area (Å²) in [6.45, 7) is 2.76. The second-order valence-corrected chi connectivity index (χ2v) is 5.96. The third-order valence-corrected chi connectivity index (χ3v) is 4.22. The molecule has 1 atom stereocenters. The van der Waals surface area contributed by atoms with Crippen molar-refractivity contribution in [1.82, 2.24) is 9.88 Å². The number of piperidine rings is 1. The SMILES string of the molecule is CCCC1(C(=O)O)CCCN(C(=O)c2cc(Cl)ccn2)C1. The second-order valence-electron chi connectivity index (χ2n) is 5.53. The van der Waals surface area contributed by atoms with Crippen LogP contribution < -0.4 is 0 Å². The van der Waals surface area contributed by atoms with E-state index >= 15 is 0 Å². The van der Waals surface area contributed by atoms with Gasteiger partial charge in [-0.05, 0) is 31.4 Å². The topological polar surface area (TPSA) is 70.5 Å². The lowest BCUT2D eigenvalue weighted by molar-refractivity contribution is -0.152. The van der Waals surface area contributed by atoms with Gasteiger partial charge in [-0.1, -0.05) is 24.9 Å². The van der Waals surface area contributed by atoms with E-state index in [0.29, 0.717) is 30.8 Å². The average Bonchev–Trinajstić information content (AvgIpc) is 2.47. The number of rotatable bonds is 4. The number of carbonyl (C=O) groups is 2. The number of likely N-dealkylation sites (tertiary alicyclic amines) is 1. The highest BCUT2D eigenvalue weighted by atomic mass is 35.5. The normalized spacial score (nSPS) is 22.1. The fraction of sp³-hybridized carbons (Fsp3) is 0.533. The molecule has 0 aliphatic carbocycles. The van der Waals surface area contributed by atoms with E-state index in [1.807, 2.05) is 6.92 Å². The minimum absolute atomic E-state index is 0.239. The largest absolute Gasteiger partial charge is 0.481 e. The van der Waals surface area contributed by atoms with E-state index in [1.165, 1.54) is 12.3 Å². The van der Waals surface area contributed by atoms with Gasteiger partial charge in [-0.15, -0.1) is 0 Å². The first-order valence-electron chi connectivity index (χ1n) is 7.13. The van der Waals surface area contributed by atoms with E-state index in [2.05, 4.69) is 4.98 Å². The van der Waals surface area contributed by atoms with Gasteiger partial charge in [-0.2, -0.15) is 0 Å². The van der Waals surface area contributed by atoms with Gasteiger partial charge >= 0.3 is 5.97 Å². The Hall–Kier alpha value is -1.62. The van der Waals surface area contributed by atoms with Gasteiger partial charge in [0.1, 0.15) is 5.69 Å². The van der Waals surface area contributed by atoms with Crippen LogP contribution in [0.4, 0.5) is 0 Å². The summed E-state index contributed by atoms with van der Waals surface area (Å²) >= 11 is 5.88. The maximum atomic E-state index is 12.5. The van der Waals surface area contributed by atoms with Crippen molar-refractivity contribution in [1.29, 1.82) is 0 Å². The van der Waals surface area contributed by atoms with Crippen molar-refractivity contribution >= 4 is 23.5 Å². The molecule has 1 aliphatic heterocycles. The van der Waals surface area contributed by atoms with E-state index in [0.717, 1.165) is 6.42 Å². The van der Waals surface area contributed by atoms with Crippen molar-refractivity contribution in [3.8, 4) is 0 Å². The van der Waals surface area contributed by atoms with Crippen LogP contribution in [-0.2, 0) is 4.79 Å². The monoisotopic (exact) mass is 310 g/mol. The van der Waals surface area contributed by atoms with Gasteiger partial charge in [0, 0.05) is 24.3 Å². The van der Waals surface area contributed by atoms with E-state index in [-0.39, 0.29) is 18.1 Å². The molecule has 1 aromatic heterocycles. The highest BCUT2D eigenvalue weighted by Crippen LogP contribution is 2.35. The maximum Gasteiger partial charge on any atom is 0.311 e. The van der Waals surface area contributed by atoms with Crippen molar-refractivity contribution in [2.24, 2.45) is 5.41 Å². The van der Waals surface area contributed by atoms with Crippen LogP contribution in [0, 0.1) is 5.41 Å². The van der Waals surface area contributed by atoms with Gasteiger partial charge in [-0.3, -0.25) is 14.6 Å². The average molecular weight is 311 g/mol. The quantitative estimate of drug-likeness (QED) is 0.928. The molecule has 114 valence electrons. The molecule has 1 amide bonds. The molecule has 1 N–H and O–H groups in total. The Kier molecular flexibility index (Phi) is 4.83. The fourth-order valence-corrected chi connectivity index (χ4v) is 3.11. The Bertz CT molecular complexity index is 545. The molecule has 1 aliphatic rings. The molecule has 2 heterocycles. The first kappa shape index (κ1) is 15.8. The van der Waals surface area contributed by atoms with Crippen LogP contribution >= 0.6 is 11.6 Å². The zero-order valence-electron chi connectivity index (χ0n) is 12.0. The molecule has 0 saturated carbocycles. The molecule has 1 unspecified atom stereocenters. The number of aromatic nitrogens is 1. The summed E-state index contributed by atoms with van der Waals surface area (Å²) < 4.78 is 0. The second kappa shape index (κ2) is 6.43. The van der Waals surface area contributed by atoms with Crippen molar-refractivity contribution in [2.45, 2.75) is 32.6 Å². The van der Waals surface area contributed by atoms with Crippen LogP contribution in [0.15, 0.2) is 18.3 Å². The predicted molar refractivity (Wildman–Crippen MR) is 79.4 cm³/mol. The van der Waals surface area contributed by atoms with Crippen molar-refractivity contribution in [2.75, 3.05) is 13.1 Å². The minimum Gasteiger partial charge on any atom is -0.481 e. The van der Waals surface area contributed by atoms with Crippen molar-refractivity contribution in [3.05, 3.63) is 29.0 Å². The number of hydrogen-bond acceptors (Lipinski definition) is 3. The lowest BCUT2D eigenvalue weighted by Crippen LogP contribution is -2.50. The zero-order chi connectivity index (χ0) is 15.5. The smallest absolute Gasteiger partial charge is 0.311 e. The Morgan fingerprint density at radius 1 is 1.52 bits per heavy atom. The number of amides is 1. The molecule has 6 heteroatoms. The zero-order valence-corrected chi connectivity index (χ0v) is 12.8. The van der Waals surface area contributed by atoms with E-state index < -0.39 is 11.4 Å². The lowest BCUT2D eigenvalue weighted by Gasteiger charge is -2.39. The first-order valence-corrected chi connectivity index (χ1v) is 7.50. The van der Waals surface area contributed by atoms with Crippen molar-refractivity contribution in [3.63, 3.8) is 0 Å². The third-order valence-electron chi connectivity index (χ3n) is 3.99. The van der Waals surface area contributed by atoms with Gasteiger partial charge in [0.15, 0.2) is 0 Å². The summed E-state index contributed by atoms with van der Waals surface area (Å²) in [5.74, 6) is -1.07. The molecule has 1 fully saturated rings. The molecule has 5 nitrogen and oxygen atoms in total. The van der Waals surface area contributed by atoms with Gasteiger partial charge in [0.25, 0.3) is 5.91 Å². The molecular weight excluding hydrogens is 292 g/mol. The van der Waals surface area contributed by atoms with Crippen LogP contribution in [0.3, 0.4) is 0 Å². The number of aliphatic carboxylic acids is 1. The number of carbonyl (C=O) groups excluding carboxylic acids is 1. The Labute approximate surface area is 128 Å². The molecule has 1 aromatic rings. The maximum absolute atomic E-state index is 12.5. The lowest BCUT2D eigenvalue weighted by atomic mass is 9.76. The third kappa shape index (κ3) is 3.35. The molecular formula is C15H19ClN2O3. The summed E-state index contributed by atoms with van der Waals surface area (Å²) in [4.78, 5) is 29.7. The molecule has 0 radical (unpaired) electrons. The molecule has 0 spiro atoms. The summed E-state index contributed by atoms with van der Waals surface area (Å²) in [6.07, 6.45) is 4.15. The van der Waals surface area contributed by atoms with Crippen LogP contribution in [-0.4, -0.2) is 40.0 Å². The van der Waals surface area contributed by atoms with Gasteiger partial charge in [0.2, 0.25) is 0 Å². The fourth-order valence-electron chi connectivity index (χ4n) is 2.95. The summed E-state index contributed by atoms with van der Waals surface area (Å²) in [5, 5.41) is 10.0. The summed E-state index contributed by atoms with van der Waals surface area (Å²) in [6, 6.07) is 3.12. The van der Waals surface area contributed by atoms with E-state index in [9.17, 15) is 14.7 Å². The number of halogens is 1. The summed E-state index contributed by atoms with van der Waals surface area (Å²) in [7, 11) is 0. The predicted octanol–water partition coefficient (Wildman–Crippen LogP) is 2.84. The van der Waals surface area contributed by atoms with Gasteiger partial charge in [-0.25, -0.2) is 0 Å². The van der Waals surface area contributed by atoms with E-state index in [1.54, 1.807) is 11.0 Å². The van der Waals surface area contributed by atoms with Crippen LogP contribution in [0.2, 0.25) is 5.02 Å². The molecule has 1 saturated heterocycles. The van der Waals surface area contributed by atoms with Crippen LogP contribution in [0.25, 0.3) is 0 Å². The highest BCUT2D eigenvalue weighted by molar-refractivity contribution is 6.30. The number of carboxylic acid groups (broad SMARTS) is 1. The Morgan fingerprint density at radius 2 is 2.29 bits per heavy atom. The number of nitrogens with zero attached hydrogens (tertiary/aromatic N) is 2. The van der Waals surface area contributed by atoms with Crippen molar-refractivity contribution < 1.29 is 14.7 Å². The van der Waals surface area contributed by atoms with Gasteiger partial charge < -0.3 is 10.0 Å². The Morgan fingerprint density at radius 3 is 2.90 bits per heavy atom. The molecule has 2 rings (SSSR count). The number of hydrogen-bond donors (Lipinski definition) is 1.